The number of aromatic nitrogens is 1. The van der Waals surface area contributed by atoms with Gasteiger partial charge in [0.15, 0.2) is 0 Å². The highest BCUT2D eigenvalue weighted by molar-refractivity contribution is 5.96. The molecule has 0 aliphatic heterocycles. The van der Waals surface area contributed by atoms with Crippen LogP contribution in [0.15, 0.2) is 42.6 Å². The number of hydrogen-bond donors (Lipinski definition) is 2. The molecule has 0 bridgehead atoms. The van der Waals surface area contributed by atoms with Gasteiger partial charge in [-0.25, -0.2) is 0 Å². The molecule has 0 saturated carbocycles. The van der Waals surface area contributed by atoms with E-state index in [9.17, 15) is 9.59 Å². The molecule has 134 valence electrons. The molecule has 0 aliphatic rings. The number of benzene rings is 1. The number of rotatable bonds is 6. The van der Waals surface area contributed by atoms with Crippen molar-refractivity contribution >= 4 is 35.6 Å². The second-order valence-corrected chi connectivity index (χ2v) is 5.36. The van der Waals surface area contributed by atoms with Gasteiger partial charge in [0.05, 0.1) is 18.3 Å². The van der Waals surface area contributed by atoms with Gasteiger partial charge in [-0.3, -0.25) is 14.6 Å². The van der Waals surface area contributed by atoms with Crippen molar-refractivity contribution in [3.05, 3.63) is 53.9 Å². The van der Waals surface area contributed by atoms with Crippen LogP contribution in [0.4, 0.5) is 11.4 Å². The Labute approximate surface area is 153 Å². The van der Waals surface area contributed by atoms with Gasteiger partial charge in [0, 0.05) is 30.0 Å². The van der Waals surface area contributed by atoms with Crippen molar-refractivity contribution in [2.45, 2.75) is 20.3 Å². The smallest absolute Gasteiger partial charge is 0.253 e. The highest BCUT2D eigenvalue weighted by atomic mass is 35.5. The molecule has 2 amide bonds. The fourth-order valence-electron chi connectivity index (χ4n) is 2.30. The van der Waals surface area contributed by atoms with Crippen molar-refractivity contribution < 1.29 is 9.59 Å². The summed E-state index contributed by atoms with van der Waals surface area (Å²) in [7, 11) is 0. The van der Waals surface area contributed by atoms with E-state index >= 15 is 0 Å². The van der Waals surface area contributed by atoms with Crippen LogP contribution in [-0.2, 0) is 11.2 Å². The molecule has 25 heavy (non-hydrogen) atoms. The molecule has 0 fully saturated rings. The number of nitrogens with zero attached hydrogens (tertiary/aromatic N) is 2. The number of halogens is 1. The second-order valence-electron chi connectivity index (χ2n) is 5.36. The molecule has 1 heterocycles. The number of carbonyl (C=O) groups is 2. The van der Waals surface area contributed by atoms with Gasteiger partial charge in [0.25, 0.3) is 5.91 Å². The molecule has 3 N–H and O–H groups in total. The first kappa shape index (κ1) is 20.4. The summed E-state index contributed by atoms with van der Waals surface area (Å²) in [5.41, 5.74) is 8.03. The van der Waals surface area contributed by atoms with Crippen LogP contribution in [0.5, 0.6) is 0 Å². The van der Waals surface area contributed by atoms with Crippen molar-refractivity contribution in [2.75, 3.05) is 24.1 Å². The van der Waals surface area contributed by atoms with Crippen molar-refractivity contribution in [3.63, 3.8) is 0 Å². The van der Waals surface area contributed by atoms with Crippen LogP contribution >= 0.6 is 12.4 Å². The zero-order chi connectivity index (χ0) is 17.5. The molecule has 0 aliphatic carbocycles. The van der Waals surface area contributed by atoms with Crippen LogP contribution in [-0.4, -0.2) is 34.8 Å². The molecule has 0 radical (unpaired) electrons. The highest BCUT2D eigenvalue weighted by Crippen LogP contribution is 2.12. The molecule has 0 spiro atoms. The van der Waals surface area contributed by atoms with E-state index in [1.807, 2.05) is 13.8 Å². The number of nitrogen functional groups attached to an aromatic ring is 1. The summed E-state index contributed by atoms with van der Waals surface area (Å²) in [4.78, 5) is 30.1. The SMILES string of the molecule is CCN(CC)C(=O)c1ccc(NC(=O)Cc2ccc(N)cn2)cc1.Cl. The third kappa shape index (κ3) is 5.76. The minimum absolute atomic E-state index is 0. The molecule has 0 atom stereocenters. The van der Waals surface area contributed by atoms with Gasteiger partial charge in [0.1, 0.15) is 0 Å². The Morgan fingerprint density at radius 1 is 1.08 bits per heavy atom. The fraction of sp³-hybridized carbons (Fsp3) is 0.278. The van der Waals surface area contributed by atoms with Crippen LogP contribution in [0.2, 0.25) is 0 Å². The lowest BCUT2D eigenvalue weighted by molar-refractivity contribution is -0.115. The summed E-state index contributed by atoms with van der Waals surface area (Å²) in [6.45, 7) is 5.23. The number of amides is 2. The second kappa shape index (κ2) is 9.64. The third-order valence-corrected chi connectivity index (χ3v) is 3.66. The Kier molecular flexibility index (Phi) is 7.88. The average Bonchev–Trinajstić information content (AvgIpc) is 2.58. The summed E-state index contributed by atoms with van der Waals surface area (Å²) in [5, 5.41) is 2.79. The van der Waals surface area contributed by atoms with Gasteiger partial charge in [0.2, 0.25) is 5.91 Å². The Balaban J connectivity index is 0.00000312. The number of carbonyl (C=O) groups excluding carboxylic acids is 2. The molecular formula is C18H23ClN4O2. The molecule has 7 heteroatoms. The molecule has 6 nitrogen and oxygen atoms in total. The largest absolute Gasteiger partial charge is 0.397 e. The minimum Gasteiger partial charge on any atom is -0.397 e. The molecular weight excluding hydrogens is 340 g/mol. The van der Waals surface area contributed by atoms with Gasteiger partial charge in [-0.2, -0.15) is 0 Å². The summed E-state index contributed by atoms with van der Waals surface area (Å²) < 4.78 is 0. The quantitative estimate of drug-likeness (QED) is 0.827. The summed E-state index contributed by atoms with van der Waals surface area (Å²) in [5.74, 6) is -0.181. The third-order valence-electron chi connectivity index (χ3n) is 3.66. The monoisotopic (exact) mass is 362 g/mol. The van der Waals surface area contributed by atoms with E-state index < -0.39 is 0 Å². The van der Waals surface area contributed by atoms with Crippen molar-refractivity contribution in [1.82, 2.24) is 9.88 Å². The summed E-state index contributed by atoms with van der Waals surface area (Å²) >= 11 is 0. The van der Waals surface area contributed by atoms with Gasteiger partial charge in [-0.15, -0.1) is 12.4 Å². The number of anilines is 2. The number of pyridine rings is 1. The standard InChI is InChI=1S/C18H22N4O2.ClH/c1-3-22(4-2)18(24)13-5-8-15(9-6-13)21-17(23)11-16-10-7-14(19)12-20-16;/h5-10,12H,3-4,11,19H2,1-2H3,(H,21,23);1H. The van der Waals surface area contributed by atoms with Gasteiger partial charge in [-0.05, 0) is 50.2 Å². The lowest BCUT2D eigenvalue weighted by atomic mass is 10.1. The number of nitrogens with two attached hydrogens (primary N) is 1. The van der Waals surface area contributed by atoms with Gasteiger partial charge < -0.3 is 16.0 Å². The van der Waals surface area contributed by atoms with E-state index in [0.717, 1.165) is 0 Å². The first-order chi connectivity index (χ1) is 11.5. The maximum Gasteiger partial charge on any atom is 0.253 e. The van der Waals surface area contributed by atoms with Crippen LogP contribution in [0.3, 0.4) is 0 Å². The highest BCUT2D eigenvalue weighted by Gasteiger charge is 2.12. The number of hydrogen-bond acceptors (Lipinski definition) is 4. The molecule has 0 unspecified atom stereocenters. The summed E-state index contributed by atoms with van der Waals surface area (Å²) in [6.07, 6.45) is 1.69. The predicted octanol–water partition coefficient (Wildman–Crippen LogP) is 2.75. The fourth-order valence-corrected chi connectivity index (χ4v) is 2.30. The number of nitrogens with one attached hydrogen (secondary N) is 1. The first-order valence-corrected chi connectivity index (χ1v) is 7.93. The molecule has 1 aromatic carbocycles. The zero-order valence-electron chi connectivity index (χ0n) is 14.4. The Morgan fingerprint density at radius 3 is 2.24 bits per heavy atom. The van der Waals surface area contributed by atoms with Crippen molar-refractivity contribution in [2.24, 2.45) is 0 Å². The Hall–Kier alpha value is -2.60. The normalized spacial score (nSPS) is 9.84. The van der Waals surface area contributed by atoms with E-state index in [-0.39, 0.29) is 30.6 Å². The molecule has 2 rings (SSSR count). The van der Waals surface area contributed by atoms with E-state index in [4.69, 9.17) is 5.73 Å². The Morgan fingerprint density at radius 2 is 1.72 bits per heavy atom. The van der Waals surface area contributed by atoms with Gasteiger partial charge in [-0.1, -0.05) is 0 Å². The van der Waals surface area contributed by atoms with Gasteiger partial charge >= 0.3 is 0 Å². The Bertz CT molecular complexity index is 698. The van der Waals surface area contributed by atoms with E-state index in [1.165, 1.54) is 6.20 Å². The van der Waals surface area contributed by atoms with Crippen LogP contribution in [0.1, 0.15) is 29.9 Å². The van der Waals surface area contributed by atoms with Crippen molar-refractivity contribution in [1.29, 1.82) is 0 Å². The van der Waals surface area contributed by atoms with E-state index in [1.54, 1.807) is 41.3 Å². The van der Waals surface area contributed by atoms with Crippen LogP contribution in [0, 0.1) is 0 Å². The van der Waals surface area contributed by atoms with Crippen LogP contribution in [0.25, 0.3) is 0 Å². The maximum absolute atomic E-state index is 12.2. The lowest BCUT2D eigenvalue weighted by Gasteiger charge is -2.18. The predicted molar refractivity (Wildman–Crippen MR) is 102 cm³/mol. The minimum atomic E-state index is -0.171. The van der Waals surface area contributed by atoms with E-state index in [0.29, 0.717) is 35.7 Å². The molecule has 0 saturated heterocycles. The first-order valence-electron chi connectivity index (χ1n) is 7.93. The topological polar surface area (TPSA) is 88.3 Å². The zero-order valence-corrected chi connectivity index (χ0v) is 15.2. The summed E-state index contributed by atoms with van der Waals surface area (Å²) in [6, 6.07) is 10.3. The van der Waals surface area contributed by atoms with Crippen molar-refractivity contribution in [3.8, 4) is 0 Å². The maximum atomic E-state index is 12.2. The molecule has 2 aromatic rings. The van der Waals surface area contributed by atoms with Crippen LogP contribution < -0.4 is 11.1 Å². The molecule has 1 aromatic heterocycles. The average molecular weight is 363 g/mol. The van der Waals surface area contributed by atoms with E-state index in [2.05, 4.69) is 10.3 Å². The lowest BCUT2D eigenvalue weighted by Crippen LogP contribution is -2.30.